The number of amides is 1. The van der Waals surface area contributed by atoms with E-state index in [2.05, 4.69) is 5.32 Å². The van der Waals surface area contributed by atoms with Crippen molar-refractivity contribution in [2.75, 3.05) is 0 Å². The van der Waals surface area contributed by atoms with Gasteiger partial charge < -0.3 is 15.2 Å². The lowest BCUT2D eigenvalue weighted by Crippen LogP contribution is -2.44. The number of carboxylic acid groups (broad SMARTS) is 1. The Labute approximate surface area is 133 Å². The molecule has 1 aromatic rings. The zero-order valence-electron chi connectivity index (χ0n) is 13.5. The molecule has 2 N–H and O–H groups in total. The third-order valence-electron chi connectivity index (χ3n) is 2.89. The Morgan fingerprint density at radius 3 is 2.09 bits per heavy atom. The monoisotopic (exact) mass is 329 g/mol. The van der Waals surface area contributed by atoms with E-state index in [-0.39, 0.29) is 12.0 Å². The van der Waals surface area contributed by atoms with Gasteiger partial charge in [0.1, 0.15) is 11.6 Å². The quantitative estimate of drug-likeness (QED) is 0.869. The number of ether oxygens (including phenoxy) is 1. The Morgan fingerprint density at radius 2 is 1.70 bits per heavy atom. The van der Waals surface area contributed by atoms with Gasteiger partial charge in [0.25, 0.3) is 5.92 Å². The highest BCUT2D eigenvalue weighted by atomic mass is 19.3. The van der Waals surface area contributed by atoms with Crippen LogP contribution in [0.1, 0.15) is 38.8 Å². The first-order chi connectivity index (χ1) is 10.4. The molecule has 0 heterocycles. The number of alkyl carbamates (subject to hydrolysis) is 1. The summed E-state index contributed by atoms with van der Waals surface area (Å²) in [5.74, 6) is -4.19. The van der Waals surface area contributed by atoms with E-state index in [9.17, 15) is 23.5 Å². The minimum absolute atomic E-state index is 0.0376. The molecule has 1 amide bonds. The molecule has 1 unspecified atom stereocenters. The molecular weight excluding hydrogens is 308 g/mol. The zero-order valence-corrected chi connectivity index (χ0v) is 13.5. The van der Waals surface area contributed by atoms with Gasteiger partial charge in [0, 0.05) is 18.9 Å². The van der Waals surface area contributed by atoms with Crippen molar-refractivity contribution in [3.8, 4) is 0 Å². The van der Waals surface area contributed by atoms with Crippen LogP contribution in [0.2, 0.25) is 0 Å². The summed E-state index contributed by atoms with van der Waals surface area (Å²) >= 11 is 0. The van der Waals surface area contributed by atoms with Crippen LogP contribution < -0.4 is 5.32 Å². The molecule has 0 aliphatic carbocycles. The van der Waals surface area contributed by atoms with Gasteiger partial charge in [-0.25, -0.2) is 18.4 Å². The van der Waals surface area contributed by atoms with Gasteiger partial charge in [-0.05, 0) is 26.3 Å². The number of hydrogen-bond acceptors (Lipinski definition) is 3. The first-order valence-electron chi connectivity index (χ1n) is 7.08. The average molecular weight is 329 g/mol. The molecule has 1 aromatic carbocycles. The van der Waals surface area contributed by atoms with E-state index >= 15 is 0 Å². The van der Waals surface area contributed by atoms with Gasteiger partial charge in [-0.1, -0.05) is 24.3 Å². The maximum absolute atomic E-state index is 13.1. The van der Waals surface area contributed by atoms with Crippen LogP contribution in [0.4, 0.5) is 13.6 Å². The third-order valence-corrected chi connectivity index (χ3v) is 2.89. The molecule has 1 atom stereocenters. The summed E-state index contributed by atoms with van der Waals surface area (Å²) in [5.41, 5.74) is -0.392. The van der Waals surface area contributed by atoms with Crippen molar-refractivity contribution in [3.63, 3.8) is 0 Å². The first-order valence-corrected chi connectivity index (χ1v) is 7.08. The second-order valence-electron chi connectivity index (χ2n) is 6.33. The van der Waals surface area contributed by atoms with Crippen LogP contribution in [0.3, 0.4) is 0 Å². The fourth-order valence-corrected chi connectivity index (χ4v) is 1.82. The van der Waals surface area contributed by atoms with E-state index in [0.29, 0.717) is 5.56 Å². The summed E-state index contributed by atoms with van der Waals surface area (Å²) in [6, 6.07) is 4.10. The van der Waals surface area contributed by atoms with Crippen LogP contribution in [0.15, 0.2) is 24.3 Å². The molecule has 0 radical (unpaired) electrons. The van der Waals surface area contributed by atoms with Gasteiger partial charge in [0.2, 0.25) is 0 Å². The maximum atomic E-state index is 13.1. The summed E-state index contributed by atoms with van der Waals surface area (Å²) in [7, 11) is 0. The molecule has 7 heteroatoms. The molecule has 0 fully saturated rings. The average Bonchev–Trinajstić information content (AvgIpc) is 2.35. The molecule has 5 nitrogen and oxygen atoms in total. The van der Waals surface area contributed by atoms with Crippen molar-refractivity contribution in [1.29, 1.82) is 0 Å². The van der Waals surface area contributed by atoms with Crippen molar-refractivity contribution in [2.24, 2.45) is 0 Å². The van der Waals surface area contributed by atoms with Crippen molar-refractivity contribution >= 4 is 12.1 Å². The Kier molecular flexibility index (Phi) is 5.69. The predicted molar refractivity (Wildman–Crippen MR) is 80.5 cm³/mol. The number of alkyl halides is 2. The van der Waals surface area contributed by atoms with Crippen molar-refractivity contribution in [2.45, 2.75) is 51.7 Å². The van der Waals surface area contributed by atoms with Crippen molar-refractivity contribution in [1.82, 2.24) is 5.32 Å². The molecule has 0 saturated carbocycles. The number of benzene rings is 1. The fraction of sp³-hybridized carbons (Fsp3) is 0.500. The Morgan fingerprint density at radius 1 is 1.17 bits per heavy atom. The lowest BCUT2D eigenvalue weighted by Gasteiger charge is -2.22. The van der Waals surface area contributed by atoms with Crippen LogP contribution >= 0.6 is 0 Å². The molecule has 0 spiro atoms. The van der Waals surface area contributed by atoms with Crippen molar-refractivity contribution in [3.05, 3.63) is 35.4 Å². The standard InChI is InChI=1S/C16H21F2NO4/c1-15(2,3)23-14(22)19-12(13(20)21)9-10-5-7-11(8-6-10)16(4,17)18/h5-8,12H,9H2,1-4H3,(H,19,22)(H,20,21). The Hall–Kier alpha value is -2.18. The molecule has 0 aromatic heterocycles. The van der Waals surface area contributed by atoms with Crippen LogP contribution in [0.25, 0.3) is 0 Å². The second-order valence-corrected chi connectivity index (χ2v) is 6.33. The number of halogens is 2. The van der Waals surface area contributed by atoms with Gasteiger partial charge >= 0.3 is 12.1 Å². The molecule has 0 bridgehead atoms. The molecular formula is C16H21F2NO4. The molecule has 23 heavy (non-hydrogen) atoms. The lowest BCUT2D eigenvalue weighted by molar-refractivity contribution is -0.139. The van der Waals surface area contributed by atoms with E-state index in [1.165, 1.54) is 24.3 Å². The van der Waals surface area contributed by atoms with Crippen LogP contribution in [-0.4, -0.2) is 28.8 Å². The molecule has 128 valence electrons. The van der Waals surface area contributed by atoms with E-state index in [4.69, 9.17) is 4.74 Å². The summed E-state index contributed by atoms with van der Waals surface area (Å²) in [5, 5.41) is 11.4. The highest BCUT2D eigenvalue weighted by Gasteiger charge is 2.26. The highest BCUT2D eigenvalue weighted by Crippen LogP contribution is 2.26. The fourth-order valence-electron chi connectivity index (χ4n) is 1.82. The van der Waals surface area contributed by atoms with E-state index < -0.39 is 29.6 Å². The topological polar surface area (TPSA) is 75.6 Å². The second kappa shape index (κ2) is 6.93. The minimum atomic E-state index is -2.96. The van der Waals surface area contributed by atoms with E-state index in [0.717, 1.165) is 6.92 Å². The van der Waals surface area contributed by atoms with Gasteiger partial charge in [-0.2, -0.15) is 0 Å². The number of rotatable bonds is 5. The van der Waals surface area contributed by atoms with Gasteiger partial charge in [0.15, 0.2) is 0 Å². The zero-order chi connectivity index (χ0) is 17.8. The van der Waals surface area contributed by atoms with Crippen molar-refractivity contribution < 1.29 is 28.2 Å². The number of aliphatic carboxylic acids is 1. The molecule has 0 aliphatic heterocycles. The van der Waals surface area contributed by atoms with Crippen LogP contribution in [-0.2, 0) is 21.9 Å². The number of carbonyl (C=O) groups excluding carboxylic acids is 1. The highest BCUT2D eigenvalue weighted by molar-refractivity contribution is 5.80. The predicted octanol–water partition coefficient (Wildman–Crippen LogP) is 3.32. The smallest absolute Gasteiger partial charge is 0.408 e. The van der Waals surface area contributed by atoms with Gasteiger partial charge in [-0.15, -0.1) is 0 Å². The summed E-state index contributed by atoms with van der Waals surface area (Å²) < 4.78 is 31.3. The normalized spacial score (nSPS) is 13.3. The first kappa shape index (κ1) is 18.9. The molecule has 0 aliphatic rings. The Balaban J connectivity index is 2.77. The molecule has 1 rings (SSSR count). The molecule has 0 saturated heterocycles. The van der Waals surface area contributed by atoms with Crippen LogP contribution in [0, 0.1) is 0 Å². The number of carboxylic acids is 1. The summed E-state index contributed by atoms with van der Waals surface area (Å²) in [4.78, 5) is 22.9. The summed E-state index contributed by atoms with van der Waals surface area (Å²) in [6.07, 6.45) is -0.883. The van der Waals surface area contributed by atoms with Gasteiger partial charge in [0.05, 0.1) is 0 Å². The van der Waals surface area contributed by atoms with E-state index in [1.54, 1.807) is 20.8 Å². The summed E-state index contributed by atoms with van der Waals surface area (Å²) in [6.45, 7) is 5.76. The lowest BCUT2D eigenvalue weighted by atomic mass is 10.0. The number of hydrogen-bond donors (Lipinski definition) is 2. The number of carbonyl (C=O) groups is 2. The largest absolute Gasteiger partial charge is 0.480 e. The van der Waals surface area contributed by atoms with Crippen LogP contribution in [0.5, 0.6) is 0 Å². The Bertz CT molecular complexity index is 559. The van der Waals surface area contributed by atoms with E-state index in [1.807, 2.05) is 0 Å². The van der Waals surface area contributed by atoms with Gasteiger partial charge in [-0.3, -0.25) is 0 Å². The maximum Gasteiger partial charge on any atom is 0.408 e. The minimum Gasteiger partial charge on any atom is -0.480 e. The third kappa shape index (κ3) is 6.63. The number of nitrogens with one attached hydrogen (secondary N) is 1. The SMILES string of the molecule is CC(C)(C)OC(=O)NC(Cc1ccc(C(C)(F)F)cc1)C(=O)O.